The number of rotatable bonds is 9. The first kappa shape index (κ1) is 27.3. The van der Waals surface area contributed by atoms with Gasteiger partial charge in [-0.3, -0.25) is 9.59 Å². The van der Waals surface area contributed by atoms with Crippen LogP contribution in [0.5, 0.6) is 0 Å². The zero-order valence-electron chi connectivity index (χ0n) is 21.1. The topological polar surface area (TPSA) is 159 Å². The Morgan fingerprint density at radius 2 is 1.68 bits per heavy atom. The third-order valence-corrected chi connectivity index (χ3v) is 9.39. The summed E-state index contributed by atoms with van der Waals surface area (Å²) >= 11 is 0. The number of aromatic nitrogens is 1. The number of ketones is 1. The lowest BCUT2D eigenvalue weighted by Crippen LogP contribution is -2.71. The van der Waals surface area contributed by atoms with Crippen LogP contribution in [0.15, 0.2) is 59.0 Å². The van der Waals surface area contributed by atoms with Gasteiger partial charge >= 0.3 is 6.09 Å². The van der Waals surface area contributed by atoms with Crippen LogP contribution in [0.25, 0.3) is 11.1 Å². The number of fused-ring (bicyclic) bond motifs is 1. The second-order valence-electron chi connectivity index (χ2n) is 9.10. The standard InChI is InChI=1S/C26H29N3O8S/c1-3-26(37-24(27)32,21(30)22-28-19-11-7-8-12-20(19)36-22)25(2,23(31)29-13-15-35-16-14-29)38(33,34)17-18-9-5-4-6-10-18/h4-12H,3,13-17H2,1-2H3,(H2,27,32)/t25?,26-/m0/s1. The van der Waals surface area contributed by atoms with Crippen molar-refractivity contribution in [1.29, 1.82) is 0 Å². The summed E-state index contributed by atoms with van der Waals surface area (Å²) in [4.78, 5) is 46.2. The van der Waals surface area contributed by atoms with E-state index in [9.17, 15) is 22.8 Å². The lowest BCUT2D eigenvalue weighted by molar-refractivity contribution is -0.143. The fraction of sp³-hybridized carbons (Fsp3) is 0.385. The van der Waals surface area contributed by atoms with Gasteiger partial charge in [-0.2, -0.15) is 0 Å². The first-order chi connectivity index (χ1) is 18.1. The number of Topliss-reactive ketones (excluding diaryl/α,β-unsaturated/α-hetero) is 1. The van der Waals surface area contributed by atoms with E-state index >= 15 is 0 Å². The van der Waals surface area contributed by atoms with E-state index in [0.29, 0.717) is 11.1 Å². The SMILES string of the molecule is CC[C@](OC(N)=O)(C(=O)c1nc2ccccc2o1)C(C)(C(=O)N1CCOCC1)S(=O)(=O)Cc1ccccc1. The number of para-hydroxylation sites is 2. The molecule has 0 saturated carbocycles. The molecule has 2 N–H and O–H groups in total. The highest BCUT2D eigenvalue weighted by molar-refractivity contribution is 7.93. The molecule has 2 amide bonds. The number of benzene rings is 2. The van der Waals surface area contributed by atoms with Crippen molar-refractivity contribution in [3.05, 3.63) is 66.1 Å². The average molecular weight is 544 g/mol. The minimum absolute atomic E-state index is 0.0860. The number of carbonyl (C=O) groups excluding carboxylic acids is 3. The van der Waals surface area contributed by atoms with Gasteiger partial charge < -0.3 is 24.5 Å². The Morgan fingerprint density at radius 1 is 1.05 bits per heavy atom. The molecule has 1 fully saturated rings. The number of morpholine rings is 1. The zero-order chi connectivity index (χ0) is 27.6. The number of ether oxygens (including phenoxy) is 2. The quantitative estimate of drug-likeness (QED) is 0.400. The van der Waals surface area contributed by atoms with Crippen molar-refractivity contribution in [3.8, 4) is 0 Å². The van der Waals surface area contributed by atoms with Gasteiger partial charge in [-0.1, -0.05) is 49.4 Å². The molecular formula is C26H29N3O8S. The monoisotopic (exact) mass is 543 g/mol. The molecule has 2 aromatic carbocycles. The number of primary amides is 1. The zero-order valence-corrected chi connectivity index (χ0v) is 21.9. The van der Waals surface area contributed by atoms with Crippen LogP contribution < -0.4 is 5.73 Å². The summed E-state index contributed by atoms with van der Waals surface area (Å²) in [5.74, 6) is -3.12. The first-order valence-electron chi connectivity index (χ1n) is 12.1. The fourth-order valence-corrected chi connectivity index (χ4v) is 6.90. The Kier molecular flexibility index (Phi) is 7.56. The molecule has 1 aromatic heterocycles. The normalized spacial score (nSPS) is 17.4. The minimum Gasteiger partial charge on any atom is -0.434 e. The number of oxazole rings is 1. The van der Waals surface area contributed by atoms with E-state index in [2.05, 4.69) is 4.98 Å². The summed E-state index contributed by atoms with van der Waals surface area (Å²) in [5.41, 5.74) is 3.78. The molecule has 12 heteroatoms. The molecule has 0 spiro atoms. The molecule has 1 saturated heterocycles. The molecule has 0 aliphatic carbocycles. The van der Waals surface area contributed by atoms with Crippen molar-refractivity contribution in [2.45, 2.75) is 36.4 Å². The van der Waals surface area contributed by atoms with Gasteiger partial charge in [-0.05, 0) is 31.0 Å². The van der Waals surface area contributed by atoms with E-state index < -0.39 is 56.0 Å². The van der Waals surface area contributed by atoms with Crippen molar-refractivity contribution >= 4 is 38.7 Å². The van der Waals surface area contributed by atoms with Crippen LogP contribution in [0.4, 0.5) is 4.79 Å². The third-order valence-electron chi connectivity index (χ3n) is 6.93. The molecule has 11 nitrogen and oxygen atoms in total. The maximum Gasteiger partial charge on any atom is 0.405 e. The van der Waals surface area contributed by atoms with Gasteiger partial charge in [0.05, 0.1) is 19.0 Å². The summed E-state index contributed by atoms with van der Waals surface area (Å²) in [7, 11) is -4.58. The van der Waals surface area contributed by atoms with E-state index in [4.69, 9.17) is 19.6 Å². The molecule has 2 heterocycles. The van der Waals surface area contributed by atoms with E-state index in [1.54, 1.807) is 54.6 Å². The number of hydrogen-bond acceptors (Lipinski definition) is 9. The second kappa shape index (κ2) is 10.5. The number of carbonyl (C=O) groups is 3. The second-order valence-corrected chi connectivity index (χ2v) is 11.4. The number of nitrogens with two attached hydrogens (primary N) is 1. The van der Waals surface area contributed by atoms with Crippen molar-refractivity contribution in [2.75, 3.05) is 26.3 Å². The van der Waals surface area contributed by atoms with Crippen molar-refractivity contribution in [3.63, 3.8) is 0 Å². The smallest absolute Gasteiger partial charge is 0.405 e. The lowest BCUT2D eigenvalue weighted by atomic mass is 9.80. The third kappa shape index (κ3) is 4.65. The van der Waals surface area contributed by atoms with Gasteiger partial charge in [0.2, 0.25) is 11.5 Å². The van der Waals surface area contributed by atoms with Crippen LogP contribution in [-0.4, -0.2) is 72.7 Å². The Hall–Kier alpha value is -3.77. The largest absolute Gasteiger partial charge is 0.434 e. The van der Waals surface area contributed by atoms with Crippen molar-refractivity contribution in [1.82, 2.24) is 9.88 Å². The maximum absolute atomic E-state index is 14.3. The first-order valence-corrected chi connectivity index (χ1v) is 13.7. The summed E-state index contributed by atoms with van der Waals surface area (Å²) in [6, 6.07) is 14.7. The molecule has 1 aliphatic heterocycles. The highest BCUT2D eigenvalue weighted by atomic mass is 32.2. The summed E-state index contributed by atoms with van der Waals surface area (Å²) in [5, 5.41) is 0. The number of nitrogens with zero attached hydrogens (tertiary/aromatic N) is 2. The lowest BCUT2D eigenvalue weighted by Gasteiger charge is -2.45. The molecule has 1 aliphatic rings. The van der Waals surface area contributed by atoms with Gasteiger partial charge in [0.25, 0.3) is 11.7 Å². The van der Waals surface area contributed by atoms with E-state index in [-0.39, 0.29) is 31.9 Å². The van der Waals surface area contributed by atoms with E-state index in [1.165, 1.54) is 11.8 Å². The van der Waals surface area contributed by atoms with Crippen LogP contribution in [0.1, 0.15) is 36.5 Å². The number of hydrogen-bond donors (Lipinski definition) is 1. The van der Waals surface area contributed by atoms with Gasteiger partial charge in [0.15, 0.2) is 20.2 Å². The summed E-state index contributed by atoms with van der Waals surface area (Å²) in [6.07, 6.45) is -1.83. The predicted octanol–water partition coefficient (Wildman–Crippen LogP) is 2.49. The molecule has 202 valence electrons. The highest BCUT2D eigenvalue weighted by Gasteiger charge is 2.69. The van der Waals surface area contributed by atoms with Gasteiger partial charge in [0.1, 0.15) is 5.52 Å². The molecule has 3 aromatic rings. The van der Waals surface area contributed by atoms with Gasteiger partial charge in [-0.25, -0.2) is 18.2 Å². The maximum atomic E-state index is 14.3. The van der Waals surface area contributed by atoms with Crippen molar-refractivity contribution < 1.29 is 36.7 Å². The van der Waals surface area contributed by atoms with E-state index in [1.807, 2.05) is 0 Å². The number of sulfone groups is 1. The van der Waals surface area contributed by atoms with Crippen molar-refractivity contribution in [2.24, 2.45) is 5.73 Å². The van der Waals surface area contributed by atoms with Crippen LogP contribution in [0.2, 0.25) is 0 Å². The highest BCUT2D eigenvalue weighted by Crippen LogP contribution is 2.43. The Morgan fingerprint density at radius 3 is 2.29 bits per heavy atom. The Labute approximate surface area is 219 Å². The molecule has 38 heavy (non-hydrogen) atoms. The fourth-order valence-electron chi connectivity index (χ4n) is 4.81. The van der Waals surface area contributed by atoms with Crippen LogP contribution in [0.3, 0.4) is 0 Å². The molecular weight excluding hydrogens is 514 g/mol. The molecule has 0 bridgehead atoms. The molecule has 1 unspecified atom stereocenters. The number of amides is 2. The molecule has 4 rings (SSSR count). The van der Waals surface area contributed by atoms with Gasteiger partial charge in [0, 0.05) is 13.1 Å². The average Bonchev–Trinajstić information content (AvgIpc) is 3.35. The van der Waals surface area contributed by atoms with Gasteiger partial charge in [-0.15, -0.1) is 0 Å². The predicted molar refractivity (Wildman–Crippen MR) is 137 cm³/mol. The van der Waals surface area contributed by atoms with E-state index in [0.717, 1.165) is 6.92 Å². The Balaban J connectivity index is 1.95. The van der Waals surface area contributed by atoms with Crippen LogP contribution in [0, 0.1) is 0 Å². The molecule has 0 radical (unpaired) electrons. The van der Waals surface area contributed by atoms with Crippen LogP contribution >= 0.6 is 0 Å². The Bertz CT molecular complexity index is 1420. The molecule has 2 atom stereocenters. The summed E-state index contributed by atoms with van der Waals surface area (Å²) in [6.45, 7) is 3.07. The van der Waals surface area contributed by atoms with Crippen LogP contribution in [-0.2, 0) is 29.9 Å². The minimum atomic E-state index is -4.58. The summed E-state index contributed by atoms with van der Waals surface area (Å²) < 4.78 is 42.4.